The molecule has 0 fully saturated rings. The molecular weight excluding hydrogens is 751 g/mol. The standard InChI is InChI=1S/C46H43N5O4S2/c1-33-21-25-39(26-22-33)56(52,53)50-31-37(29-35-13-5-3-6-14-35)47-45(50)41-17-9-11-19-43(41)49-44-20-12-10-18-42(44)46-48-38(30-36-15-7-4-8-16-36)32-51(46)57(54,55)40-27-23-34(2)24-28-40/h3-28,37-38,49H,29-32H2,1-2H3/t37-,38-/m0/s1. The summed E-state index contributed by atoms with van der Waals surface area (Å²) in [5, 5.41) is 3.56. The molecule has 288 valence electrons. The first-order chi connectivity index (χ1) is 27.6. The quantitative estimate of drug-likeness (QED) is 0.134. The number of para-hydroxylation sites is 2. The maximum absolute atomic E-state index is 14.4. The molecule has 0 radical (unpaired) electrons. The van der Waals surface area contributed by atoms with Crippen molar-refractivity contribution >= 4 is 43.1 Å². The monoisotopic (exact) mass is 793 g/mol. The van der Waals surface area contributed by atoms with Crippen LogP contribution in [0.15, 0.2) is 178 Å². The molecule has 0 aliphatic carbocycles. The number of rotatable bonds is 12. The van der Waals surface area contributed by atoms with Gasteiger partial charge in [-0.3, -0.25) is 9.98 Å². The van der Waals surface area contributed by atoms with Crippen molar-refractivity contribution in [3.05, 3.63) is 191 Å². The Bertz CT molecular complexity index is 2480. The van der Waals surface area contributed by atoms with Crippen molar-refractivity contribution < 1.29 is 16.8 Å². The van der Waals surface area contributed by atoms with Crippen LogP contribution in [0.4, 0.5) is 11.4 Å². The summed E-state index contributed by atoms with van der Waals surface area (Å²) in [6.45, 7) is 4.20. The number of aliphatic imine (C=N–C) groups is 2. The van der Waals surface area contributed by atoms with E-state index in [0.29, 0.717) is 47.0 Å². The van der Waals surface area contributed by atoms with Gasteiger partial charge in [0.25, 0.3) is 20.0 Å². The highest BCUT2D eigenvalue weighted by molar-refractivity contribution is 7.90. The molecule has 0 saturated carbocycles. The van der Waals surface area contributed by atoms with Crippen LogP contribution in [0.3, 0.4) is 0 Å². The predicted octanol–water partition coefficient (Wildman–Crippen LogP) is 8.17. The van der Waals surface area contributed by atoms with Gasteiger partial charge < -0.3 is 5.32 Å². The Hall–Kier alpha value is -6.04. The van der Waals surface area contributed by atoms with Crippen LogP contribution < -0.4 is 5.32 Å². The molecule has 6 aromatic rings. The lowest BCUT2D eigenvalue weighted by Crippen LogP contribution is -2.37. The van der Waals surface area contributed by atoms with Crippen LogP contribution >= 0.6 is 0 Å². The topological polar surface area (TPSA) is 112 Å². The van der Waals surface area contributed by atoms with E-state index in [2.05, 4.69) is 5.32 Å². The van der Waals surface area contributed by atoms with Crippen molar-refractivity contribution in [2.45, 2.75) is 48.6 Å². The van der Waals surface area contributed by atoms with Crippen molar-refractivity contribution in [3.63, 3.8) is 0 Å². The van der Waals surface area contributed by atoms with Crippen molar-refractivity contribution in [1.29, 1.82) is 0 Å². The maximum atomic E-state index is 14.4. The first-order valence-corrected chi connectivity index (χ1v) is 21.8. The van der Waals surface area contributed by atoms with Crippen LogP contribution in [0.2, 0.25) is 0 Å². The molecule has 57 heavy (non-hydrogen) atoms. The molecule has 0 spiro atoms. The zero-order chi connectivity index (χ0) is 39.6. The second-order valence-corrected chi connectivity index (χ2v) is 18.2. The SMILES string of the molecule is Cc1ccc(S(=O)(=O)N2C[C@H](Cc3ccccc3)N=C2c2ccccc2Nc2ccccc2C2=N[C@@H](Cc3ccccc3)CN2S(=O)(=O)c2ccc(C)cc2)cc1. The molecule has 11 heteroatoms. The van der Waals surface area contributed by atoms with E-state index in [1.54, 1.807) is 48.5 Å². The van der Waals surface area contributed by atoms with Crippen molar-refractivity contribution in [2.24, 2.45) is 9.98 Å². The van der Waals surface area contributed by atoms with Gasteiger partial charge in [-0.05, 0) is 86.3 Å². The number of nitrogens with zero attached hydrogens (tertiary/aromatic N) is 4. The summed E-state index contributed by atoms with van der Waals surface area (Å²) in [5.74, 6) is 0.670. The zero-order valence-electron chi connectivity index (χ0n) is 31.7. The Morgan fingerprint density at radius 3 is 1.23 bits per heavy atom. The smallest absolute Gasteiger partial charge is 0.265 e. The lowest BCUT2D eigenvalue weighted by molar-refractivity contribution is 0.513. The Labute approximate surface area is 335 Å². The van der Waals surface area contributed by atoms with Gasteiger partial charge in [0.2, 0.25) is 0 Å². The number of hydrogen-bond donors (Lipinski definition) is 1. The Morgan fingerprint density at radius 2 is 0.842 bits per heavy atom. The molecule has 0 unspecified atom stereocenters. The van der Waals surface area contributed by atoms with E-state index in [-0.39, 0.29) is 35.0 Å². The average molecular weight is 794 g/mol. The van der Waals surface area contributed by atoms with E-state index < -0.39 is 20.0 Å². The number of hydrogen-bond acceptors (Lipinski definition) is 7. The fraction of sp³-hybridized carbons (Fsp3) is 0.174. The molecule has 2 aliphatic heterocycles. The predicted molar refractivity (Wildman–Crippen MR) is 227 cm³/mol. The number of aryl methyl sites for hydroxylation is 2. The molecule has 0 saturated heterocycles. The Morgan fingerprint density at radius 1 is 0.491 bits per heavy atom. The van der Waals surface area contributed by atoms with Crippen LogP contribution in [0, 0.1) is 13.8 Å². The highest BCUT2D eigenvalue weighted by Gasteiger charge is 2.39. The van der Waals surface area contributed by atoms with Gasteiger partial charge in [-0.1, -0.05) is 120 Å². The summed E-state index contributed by atoms with van der Waals surface area (Å²) in [5.41, 5.74) is 6.46. The van der Waals surface area contributed by atoms with Crippen molar-refractivity contribution in [3.8, 4) is 0 Å². The molecule has 1 N–H and O–H groups in total. The maximum Gasteiger partial charge on any atom is 0.265 e. The van der Waals surface area contributed by atoms with Gasteiger partial charge in [0, 0.05) is 22.5 Å². The highest BCUT2D eigenvalue weighted by Crippen LogP contribution is 2.34. The Balaban J connectivity index is 1.19. The minimum absolute atomic E-state index is 0.177. The van der Waals surface area contributed by atoms with E-state index in [9.17, 15) is 16.8 Å². The van der Waals surface area contributed by atoms with E-state index in [1.807, 2.05) is 123 Å². The van der Waals surface area contributed by atoms with E-state index in [4.69, 9.17) is 9.98 Å². The van der Waals surface area contributed by atoms with Gasteiger partial charge in [-0.25, -0.2) is 25.4 Å². The van der Waals surface area contributed by atoms with Gasteiger partial charge in [0.1, 0.15) is 11.7 Å². The fourth-order valence-corrected chi connectivity index (χ4v) is 10.3. The molecule has 9 nitrogen and oxygen atoms in total. The summed E-state index contributed by atoms with van der Waals surface area (Å²) in [7, 11) is -7.98. The molecular formula is C46H43N5O4S2. The highest BCUT2D eigenvalue weighted by atomic mass is 32.2. The zero-order valence-corrected chi connectivity index (χ0v) is 33.4. The van der Waals surface area contributed by atoms with Crippen LogP contribution in [-0.4, -0.2) is 62.3 Å². The normalized spacial score (nSPS) is 17.0. The minimum Gasteiger partial charge on any atom is -0.354 e. The number of nitrogens with one attached hydrogen (secondary N) is 1. The first-order valence-electron chi connectivity index (χ1n) is 18.9. The van der Waals surface area contributed by atoms with Crippen LogP contribution in [0.1, 0.15) is 33.4 Å². The Kier molecular flexibility index (Phi) is 10.5. The first kappa shape index (κ1) is 37.9. The van der Waals surface area contributed by atoms with E-state index in [1.165, 1.54) is 8.61 Å². The minimum atomic E-state index is -3.99. The lowest BCUT2D eigenvalue weighted by Gasteiger charge is -2.24. The third-order valence-electron chi connectivity index (χ3n) is 10.3. The average Bonchev–Trinajstić information content (AvgIpc) is 3.85. The molecule has 8 rings (SSSR count). The summed E-state index contributed by atoms with van der Waals surface area (Å²) in [6.07, 6.45) is 1.13. The van der Waals surface area contributed by atoms with Crippen molar-refractivity contribution in [1.82, 2.24) is 8.61 Å². The van der Waals surface area contributed by atoms with Gasteiger partial charge >= 0.3 is 0 Å². The van der Waals surface area contributed by atoms with Crippen LogP contribution in [0.5, 0.6) is 0 Å². The molecule has 0 bridgehead atoms. The van der Waals surface area contributed by atoms with Gasteiger partial charge in [0.15, 0.2) is 0 Å². The molecule has 2 heterocycles. The summed E-state index contributed by atoms with van der Waals surface area (Å²) in [4.78, 5) is 10.6. The summed E-state index contributed by atoms with van der Waals surface area (Å²) in [6, 6.07) is 48.0. The van der Waals surface area contributed by atoms with Gasteiger partial charge in [-0.2, -0.15) is 0 Å². The summed E-state index contributed by atoms with van der Waals surface area (Å²) < 4.78 is 60.4. The second kappa shape index (κ2) is 15.8. The van der Waals surface area contributed by atoms with E-state index in [0.717, 1.165) is 22.3 Å². The third-order valence-corrected chi connectivity index (χ3v) is 13.8. The molecule has 2 aliphatic rings. The largest absolute Gasteiger partial charge is 0.354 e. The molecule has 6 aromatic carbocycles. The van der Waals surface area contributed by atoms with Crippen molar-refractivity contribution in [2.75, 3.05) is 18.4 Å². The number of anilines is 2. The molecule has 0 aromatic heterocycles. The van der Waals surface area contributed by atoms with Gasteiger partial charge in [-0.15, -0.1) is 0 Å². The van der Waals surface area contributed by atoms with Crippen LogP contribution in [0.25, 0.3) is 0 Å². The summed E-state index contributed by atoms with van der Waals surface area (Å²) >= 11 is 0. The van der Waals surface area contributed by atoms with Gasteiger partial charge in [0.05, 0.1) is 35.0 Å². The molecule has 2 atom stereocenters. The third kappa shape index (κ3) is 7.99. The number of sulfonamides is 2. The number of benzene rings is 6. The molecule has 0 amide bonds. The number of amidine groups is 2. The second-order valence-electron chi connectivity index (χ2n) is 14.5. The lowest BCUT2D eigenvalue weighted by atomic mass is 10.1. The van der Waals surface area contributed by atoms with Crippen LogP contribution in [-0.2, 0) is 32.9 Å². The van der Waals surface area contributed by atoms with E-state index >= 15 is 0 Å². The fourth-order valence-electron chi connectivity index (χ4n) is 7.33.